The molecule has 21 heavy (non-hydrogen) atoms. The van der Waals surface area contributed by atoms with E-state index in [-0.39, 0.29) is 0 Å². The van der Waals surface area contributed by atoms with Crippen LogP contribution >= 0.6 is 11.8 Å². The highest BCUT2D eigenvalue weighted by Gasteiger charge is 2.37. The van der Waals surface area contributed by atoms with Crippen LogP contribution in [0.3, 0.4) is 0 Å². The second kappa shape index (κ2) is 7.84. The fourth-order valence-electron chi connectivity index (χ4n) is 1.72. The Balaban J connectivity index is 2.55. The molecule has 0 aliphatic heterocycles. The molecule has 1 aromatic carbocycles. The van der Waals surface area contributed by atoms with Gasteiger partial charge in [-0.3, -0.25) is 0 Å². The number of rotatable bonds is 7. The summed E-state index contributed by atoms with van der Waals surface area (Å²) in [6.45, 7) is 17.1. The smallest absolute Gasteiger partial charge is 0.192 e. The Kier molecular flexibility index (Phi) is 7.02. The molecule has 0 heterocycles. The van der Waals surface area contributed by atoms with Crippen LogP contribution in [-0.4, -0.2) is 20.2 Å². The molecular weight excluding hydrogens is 292 g/mol. The van der Waals surface area contributed by atoms with E-state index < -0.39 is 8.32 Å². The largest absolute Gasteiger partial charge is 0.416 e. The van der Waals surface area contributed by atoms with Gasteiger partial charge in [-0.15, -0.1) is 0 Å². The lowest BCUT2D eigenvalue weighted by Gasteiger charge is -2.37. The van der Waals surface area contributed by atoms with Crippen LogP contribution in [0.1, 0.15) is 40.2 Å². The van der Waals surface area contributed by atoms with E-state index in [4.69, 9.17) is 4.43 Å². The van der Waals surface area contributed by atoms with E-state index in [1.807, 2.05) is 11.8 Å². The number of benzene rings is 1. The lowest BCUT2D eigenvalue weighted by atomic mass is 10.1. The first-order valence-corrected chi connectivity index (χ1v) is 11.9. The molecule has 1 aromatic rings. The van der Waals surface area contributed by atoms with Gasteiger partial charge < -0.3 is 4.43 Å². The van der Waals surface area contributed by atoms with Crippen molar-refractivity contribution in [1.82, 2.24) is 0 Å². The molecule has 0 radical (unpaired) electrons. The Labute approximate surface area is 137 Å². The quantitative estimate of drug-likeness (QED) is 0.572. The topological polar surface area (TPSA) is 9.23 Å². The first kappa shape index (κ1) is 18.8. The van der Waals surface area contributed by atoms with Crippen LogP contribution in [0.15, 0.2) is 30.3 Å². The van der Waals surface area contributed by atoms with E-state index in [1.165, 1.54) is 5.56 Å². The zero-order chi connectivity index (χ0) is 16.1. The Morgan fingerprint density at radius 1 is 1.10 bits per heavy atom. The van der Waals surface area contributed by atoms with Gasteiger partial charge in [0.05, 0.1) is 0 Å². The summed E-state index contributed by atoms with van der Waals surface area (Å²) >= 11 is 2.03. The average molecular weight is 325 g/mol. The molecule has 0 spiro atoms. The third kappa shape index (κ3) is 6.17. The Hall–Kier alpha value is -0.253. The highest BCUT2D eigenvalue weighted by molar-refractivity contribution is 7.99. The maximum Gasteiger partial charge on any atom is 0.192 e. The molecule has 120 valence electrons. The van der Waals surface area contributed by atoms with Crippen molar-refractivity contribution in [2.75, 3.05) is 6.61 Å². The lowest BCUT2D eigenvalue weighted by Crippen LogP contribution is -2.42. The summed E-state index contributed by atoms with van der Waals surface area (Å²) in [7, 11) is -1.64. The molecular formula is C18H32OSSi. The molecule has 0 unspecified atom stereocenters. The van der Waals surface area contributed by atoms with E-state index in [1.54, 1.807) is 0 Å². The molecule has 0 N–H and O–H groups in total. The Morgan fingerprint density at radius 3 is 2.14 bits per heavy atom. The van der Waals surface area contributed by atoms with Gasteiger partial charge in [0, 0.05) is 17.6 Å². The van der Waals surface area contributed by atoms with Crippen molar-refractivity contribution in [2.45, 2.75) is 63.8 Å². The van der Waals surface area contributed by atoms with Crippen LogP contribution in [0.4, 0.5) is 0 Å². The average Bonchev–Trinajstić information content (AvgIpc) is 2.38. The molecule has 0 saturated heterocycles. The normalized spacial score (nSPS) is 14.5. The van der Waals surface area contributed by atoms with Crippen LogP contribution in [-0.2, 0) is 10.2 Å². The summed E-state index contributed by atoms with van der Waals surface area (Å²) in [6.07, 6.45) is 0. The monoisotopic (exact) mass is 324 g/mol. The van der Waals surface area contributed by atoms with Crippen molar-refractivity contribution < 1.29 is 4.43 Å². The van der Waals surface area contributed by atoms with Crippen LogP contribution in [0.2, 0.25) is 18.1 Å². The maximum atomic E-state index is 6.42. The molecule has 0 saturated carbocycles. The third-order valence-corrected chi connectivity index (χ3v) is 10.6. The molecule has 0 aliphatic carbocycles. The van der Waals surface area contributed by atoms with Gasteiger partial charge in [-0.1, -0.05) is 65.0 Å². The molecule has 1 nitrogen and oxygen atoms in total. The fourth-order valence-corrected chi connectivity index (χ4v) is 4.02. The third-order valence-electron chi connectivity index (χ3n) is 4.47. The van der Waals surface area contributed by atoms with Gasteiger partial charge in [0.25, 0.3) is 0 Å². The molecule has 0 amide bonds. The van der Waals surface area contributed by atoms with Gasteiger partial charge in [-0.25, -0.2) is 0 Å². The van der Waals surface area contributed by atoms with Crippen molar-refractivity contribution in [3.05, 3.63) is 35.9 Å². The molecule has 0 bridgehead atoms. The first-order valence-electron chi connectivity index (χ1n) is 7.93. The predicted molar refractivity (Wildman–Crippen MR) is 99.5 cm³/mol. The Bertz CT molecular complexity index is 409. The van der Waals surface area contributed by atoms with Crippen LogP contribution in [0.25, 0.3) is 0 Å². The van der Waals surface area contributed by atoms with Crippen LogP contribution in [0, 0.1) is 5.92 Å². The highest BCUT2D eigenvalue weighted by Crippen LogP contribution is 2.37. The van der Waals surface area contributed by atoms with Crippen LogP contribution in [0.5, 0.6) is 0 Å². The first-order chi connectivity index (χ1) is 9.63. The molecule has 1 rings (SSSR count). The van der Waals surface area contributed by atoms with Gasteiger partial charge in [0.15, 0.2) is 8.32 Å². The number of thioether (sulfide) groups is 1. The van der Waals surface area contributed by atoms with Crippen molar-refractivity contribution in [3.8, 4) is 0 Å². The summed E-state index contributed by atoms with van der Waals surface area (Å²) in [5.41, 5.74) is 1.40. The summed E-state index contributed by atoms with van der Waals surface area (Å²) in [5, 5.41) is 0.859. The zero-order valence-corrected chi connectivity index (χ0v) is 16.6. The SMILES string of the molecule is CC(C)[C@@H](CO[Si](C)(C)C(C)(C)C)SCc1ccccc1. The summed E-state index contributed by atoms with van der Waals surface area (Å²) in [4.78, 5) is 0. The Morgan fingerprint density at radius 2 is 1.67 bits per heavy atom. The highest BCUT2D eigenvalue weighted by atomic mass is 32.2. The summed E-state index contributed by atoms with van der Waals surface area (Å²) in [6, 6.07) is 10.7. The molecule has 0 fully saturated rings. The second-order valence-electron chi connectivity index (χ2n) is 7.65. The van der Waals surface area contributed by atoms with Crippen molar-refractivity contribution in [1.29, 1.82) is 0 Å². The molecule has 1 atom stereocenters. The lowest BCUT2D eigenvalue weighted by molar-refractivity contribution is 0.271. The summed E-state index contributed by atoms with van der Waals surface area (Å²) < 4.78 is 6.42. The van der Waals surface area contributed by atoms with Gasteiger partial charge in [-0.05, 0) is 29.6 Å². The van der Waals surface area contributed by atoms with E-state index in [2.05, 4.69) is 78.0 Å². The minimum atomic E-state index is -1.64. The fraction of sp³-hybridized carbons (Fsp3) is 0.667. The molecule has 3 heteroatoms. The number of hydrogen-bond acceptors (Lipinski definition) is 2. The van der Waals surface area contributed by atoms with E-state index in [0.717, 1.165) is 12.4 Å². The molecule has 0 aliphatic rings. The van der Waals surface area contributed by atoms with E-state index in [0.29, 0.717) is 16.2 Å². The van der Waals surface area contributed by atoms with Crippen molar-refractivity contribution in [2.24, 2.45) is 5.92 Å². The molecule has 0 aromatic heterocycles. The number of hydrogen-bond donors (Lipinski definition) is 0. The van der Waals surface area contributed by atoms with Gasteiger partial charge in [0.1, 0.15) is 0 Å². The van der Waals surface area contributed by atoms with Crippen LogP contribution < -0.4 is 0 Å². The van der Waals surface area contributed by atoms with Gasteiger partial charge in [-0.2, -0.15) is 11.8 Å². The standard InChI is InChI=1S/C18H32OSSi/c1-15(2)17(13-19-21(6,7)18(3,4)5)20-14-16-11-9-8-10-12-16/h8-12,15,17H,13-14H2,1-7H3/t17-/m1/s1. The zero-order valence-electron chi connectivity index (χ0n) is 14.8. The van der Waals surface area contributed by atoms with Crippen molar-refractivity contribution >= 4 is 20.1 Å². The second-order valence-corrected chi connectivity index (χ2v) is 13.7. The minimum Gasteiger partial charge on any atom is -0.416 e. The predicted octanol–water partition coefficient (Wildman–Crippen LogP) is 5.97. The van der Waals surface area contributed by atoms with Gasteiger partial charge in [0.2, 0.25) is 0 Å². The summed E-state index contributed by atoms with van der Waals surface area (Å²) in [5.74, 6) is 1.72. The van der Waals surface area contributed by atoms with E-state index >= 15 is 0 Å². The maximum absolute atomic E-state index is 6.42. The van der Waals surface area contributed by atoms with Gasteiger partial charge >= 0.3 is 0 Å². The van der Waals surface area contributed by atoms with Crippen molar-refractivity contribution in [3.63, 3.8) is 0 Å². The minimum absolute atomic E-state index is 0.290. The van der Waals surface area contributed by atoms with E-state index in [9.17, 15) is 0 Å².